The summed E-state index contributed by atoms with van der Waals surface area (Å²) in [5.74, 6) is 1.78. The van der Waals surface area contributed by atoms with Crippen molar-refractivity contribution in [2.75, 3.05) is 18.0 Å². The van der Waals surface area contributed by atoms with Crippen LogP contribution in [0.5, 0.6) is 0 Å². The molecule has 0 amide bonds. The number of H-pyrrole nitrogens is 1. The van der Waals surface area contributed by atoms with E-state index in [1.165, 1.54) is 0 Å². The summed E-state index contributed by atoms with van der Waals surface area (Å²) in [4.78, 5) is 17.4. The normalized spacial score (nSPS) is 18.5. The number of nitrogens with one attached hydrogen (secondary N) is 1. The molecule has 1 aromatic heterocycles. The Hall–Kier alpha value is -1.96. The van der Waals surface area contributed by atoms with Crippen LogP contribution >= 0.6 is 15.9 Å². The van der Waals surface area contributed by atoms with E-state index >= 15 is 0 Å². The van der Waals surface area contributed by atoms with E-state index in [-0.39, 0.29) is 16.5 Å². The molecule has 1 aliphatic heterocycles. The highest BCUT2D eigenvalue weighted by atomic mass is 79.9. The van der Waals surface area contributed by atoms with E-state index in [4.69, 9.17) is 0 Å². The van der Waals surface area contributed by atoms with Gasteiger partial charge in [0.1, 0.15) is 11.5 Å². The van der Waals surface area contributed by atoms with Crippen LogP contribution in [0.4, 0.5) is 11.4 Å². The van der Waals surface area contributed by atoms with Gasteiger partial charge in [0, 0.05) is 29.5 Å². The molecule has 8 heteroatoms. The molecule has 7 nitrogen and oxygen atoms in total. The molecule has 0 saturated carbocycles. The summed E-state index contributed by atoms with van der Waals surface area (Å²) >= 11 is 3.29. The molecule has 1 fully saturated rings. The average Bonchev–Trinajstić information content (AvgIpc) is 2.94. The van der Waals surface area contributed by atoms with Gasteiger partial charge in [-0.25, -0.2) is 4.98 Å². The number of halogens is 1. The molecular formula is C14H16BrN5O2. The SMILES string of the molecule is Cc1nc(C2CCCN(c3ccc(Br)cc3[N+](=O)[O-])C2)n[nH]1. The predicted molar refractivity (Wildman–Crippen MR) is 86.1 cm³/mol. The van der Waals surface area contributed by atoms with Gasteiger partial charge in [-0.15, -0.1) is 0 Å². The topological polar surface area (TPSA) is 87.9 Å². The van der Waals surface area contributed by atoms with Crippen LogP contribution in [0.25, 0.3) is 0 Å². The van der Waals surface area contributed by atoms with E-state index < -0.39 is 0 Å². The van der Waals surface area contributed by atoms with Crippen LogP contribution in [-0.2, 0) is 0 Å². The zero-order valence-corrected chi connectivity index (χ0v) is 13.7. The summed E-state index contributed by atoms with van der Waals surface area (Å²) in [6.07, 6.45) is 1.96. The number of hydrogen-bond acceptors (Lipinski definition) is 5. The van der Waals surface area contributed by atoms with Gasteiger partial charge in [-0.1, -0.05) is 15.9 Å². The number of hydrogen-bond donors (Lipinski definition) is 1. The number of aromatic nitrogens is 3. The molecule has 0 aliphatic carbocycles. The second-order valence-corrected chi connectivity index (χ2v) is 6.37. The minimum Gasteiger partial charge on any atom is -0.365 e. The van der Waals surface area contributed by atoms with Gasteiger partial charge in [0.15, 0.2) is 5.82 Å². The molecule has 116 valence electrons. The molecule has 22 heavy (non-hydrogen) atoms. The summed E-state index contributed by atoms with van der Waals surface area (Å²) in [5.41, 5.74) is 0.784. The van der Waals surface area contributed by atoms with Gasteiger partial charge in [-0.05, 0) is 31.9 Å². The maximum absolute atomic E-state index is 11.3. The predicted octanol–water partition coefficient (Wildman–Crippen LogP) is 3.17. The minimum absolute atomic E-state index is 0.126. The fraction of sp³-hybridized carbons (Fsp3) is 0.429. The summed E-state index contributed by atoms with van der Waals surface area (Å²) in [5, 5.41) is 18.4. The molecule has 0 spiro atoms. The lowest BCUT2D eigenvalue weighted by atomic mass is 9.96. The van der Waals surface area contributed by atoms with Gasteiger partial charge in [0.2, 0.25) is 0 Å². The third kappa shape index (κ3) is 2.96. The van der Waals surface area contributed by atoms with Gasteiger partial charge >= 0.3 is 0 Å². The molecule has 2 aromatic rings. The van der Waals surface area contributed by atoms with Crippen LogP contribution in [0.3, 0.4) is 0 Å². The summed E-state index contributed by atoms with van der Waals surface area (Å²) < 4.78 is 0.709. The third-order valence-electron chi connectivity index (χ3n) is 3.88. The molecule has 1 aromatic carbocycles. The molecule has 3 rings (SSSR count). The first-order valence-corrected chi connectivity index (χ1v) is 7.91. The molecule has 1 atom stereocenters. The molecular weight excluding hydrogens is 350 g/mol. The number of piperidine rings is 1. The summed E-state index contributed by atoms with van der Waals surface area (Å²) in [6.45, 7) is 3.37. The van der Waals surface area contributed by atoms with Crippen LogP contribution in [0.2, 0.25) is 0 Å². The van der Waals surface area contributed by atoms with Crippen molar-refractivity contribution >= 4 is 27.3 Å². The fourth-order valence-corrected chi connectivity index (χ4v) is 3.21. The Balaban J connectivity index is 1.87. The lowest BCUT2D eigenvalue weighted by Gasteiger charge is -2.32. The van der Waals surface area contributed by atoms with Crippen molar-refractivity contribution in [2.24, 2.45) is 0 Å². The first-order chi connectivity index (χ1) is 10.5. The van der Waals surface area contributed by atoms with Crippen LogP contribution < -0.4 is 4.90 Å². The zero-order valence-electron chi connectivity index (χ0n) is 12.1. The Morgan fingerprint density at radius 2 is 2.32 bits per heavy atom. The largest absolute Gasteiger partial charge is 0.365 e. The van der Waals surface area contributed by atoms with E-state index in [0.29, 0.717) is 16.7 Å². The smallest absolute Gasteiger partial charge is 0.293 e. The third-order valence-corrected chi connectivity index (χ3v) is 4.37. The Bertz CT molecular complexity index is 702. The van der Waals surface area contributed by atoms with E-state index in [2.05, 4.69) is 36.0 Å². The van der Waals surface area contributed by atoms with Crippen molar-refractivity contribution in [1.82, 2.24) is 15.2 Å². The van der Waals surface area contributed by atoms with Crippen molar-refractivity contribution in [2.45, 2.75) is 25.7 Å². The van der Waals surface area contributed by atoms with Gasteiger partial charge in [0.25, 0.3) is 5.69 Å². The van der Waals surface area contributed by atoms with Crippen LogP contribution in [0, 0.1) is 17.0 Å². The Kier molecular flexibility index (Phi) is 4.10. The van der Waals surface area contributed by atoms with Gasteiger partial charge in [-0.2, -0.15) is 5.10 Å². The second kappa shape index (κ2) is 6.04. The number of aryl methyl sites for hydroxylation is 1. The maximum Gasteiger partial charge on any atom is 0.293 e. The molecule has 1 aliphatic rings. The monoisotopic (exact) mass is 365 g/mol. The fourth-order valence-electron chi connectivity index (χ4n) is 2.86. The molecule has 0 bridgehead atoms. The van der Waals surface area contributed by atoms with Crippen molar-refractivity contribution in [3.05, 3.63) is 44.4 Å². The molecule has 0 radical (unpaired) electrons. The number of aromatic amines is 1. The van der Waals surface area contributed by atoms with Crippen molar-refractivity contribution in [1.29, 1.82) is 0 Å². The molecule has 1 saturated heterocycles. The minimum atomic E-state index is -0.333. The highest BCUT2D eigenvalue weighted by Crippen LogP contribution is 2.35. The maximum atomic E-state index is 11.3. The van der Waals surface area contributed by atoms with Gasteiger partial charge < -0.3 is 4.90 Å². The zero-order chi connectivity index (χ0) is 15.7. The molecule has 2 heterocycles. The first kappa shape index (κ1) is 15.0. The first-order valence-electron chi connectivity index (χ1n) is 7.12. The van der Waals surface area contributed by atoms with Crippen molar-refractivity contribution in [3.63, 3.8) is 0 Å². The number of rotatable bonds is 3. The highest BCUT2D eigenvalue weighted by Gasteiger charge is 2.28. The quantitative estimate of drug-likeness (QED) is 0.666. The van der Waals surface area contributed by atoms with E-state index in [9.17, 15) is 10.1 Å². The number of anilines is 1. The van der Waals surface area contributed by atoms with Crippen LogP contribution in [0.1, 0.15) is 30.4 Å². The highest BCUT2D eigenvalue weighted by molar-refractivity contribution is 9.10. The van der Waals surface area contributed by atoms with Crippen molar-refractivity contribution < 1.29 is 4.92 Å². The van der Waals surface area contributed by atoms with E-state index in [0.717, 1.165) is 31.0 Å². The number of nitro benzene ring substituents is 1. The Morgan fingerprint density at radius 1 is 1.50 bits per heavy atom. The van der Waals surface area contributed by atoms with Crippen molar-refractivity contribution in [3.8, 4) is 0 Å². The van der Waals surface area contributed by atoms with E-state index in [1.807, 2.05) is 13.0 Å². The van der Waals surface area contributed by atoms with Gasteiger partial charge in [0.05, 0.1) is 4.92 Å². The number of nitro groups is 1. The molecule has 1 unspecified atom stereocenters. The average molecular weight is 366 g/mol. The van der Waals surface area contributed by atoms with Gasteiger partial charge in [-0.3, -0.25) is 15.2 Å². The van der Waals surface area contributed by atoms with E-state index in [1.54, 1.807) is 12.1 Å². The Morgan fingerprint density at radius 3 is 3.00 bits per heavy atom. The Labute approximate surface area is 136 Å². The standard InChI is InChI=1S/C14H16BrN5O2/c1-9-16-14(18-17-9)10-3-2-6-19(8-10)12-5-4-11(15)7-13(12)20(21)22/h4-5,7,10H,2-3,6,8H2,1H3,(H,16,17,18). The lowest BCUT2D eigenvalue weighted by molar-refractivity contribution is -0.384. The summed E-state index contributed by atoms with van der Waals surface area (Å²) in [6, 6.07) is 5.19. The van der Waals surface area contributed by atoms with Crippen LogP contribution in [-0.4, -0.2) is 33.2 Å². The summed E-state index contributed by atoms with van der Waals surface area (Å²) in [7, 11) is 0. The number of nitrogens with zero attached hydrogens (tertiary/aromatic N) is 4. The lowest BCUT2D eigenvalue weighted by Crippen LogP contribution is -2.35. The second-order valence-electron chi connectivity index (χ2n) is 5.45. The van der Waals surface area contributed by atoms with Crippen LogP contribution in [0.15, 0.2) is 22.7 Å². The molecule has 1 N–H and O–H groups in total. The number of benzene rings is 1.